The first-order valence-electron chi connectivity index (χ1n) is 4.80. The van der Waals surface area contributed by atoms with Crippen LogP contribution in [-0.2, 0) is 9.84 Å². The van der Waals surface area contributed by atoms with Crippen molar-refractivity contribution >= 4 is 44.4 Å². The van der Waals surface area contributed by atoms with Crippen LogP contribution in [0.4, 0.5) is 0 Å². The first-order valence-corrected chi connectivity index (χ1v) is 8.08. The molecule has 0 saturated carbocycles. The van der Waals surface area contributed by atoms with E-state index in [0.717, 1.165) is 5.56 Å². The second-order valence-corrected chi connectivity index (χ2v) is 8.63. The summed E-state index contributed by atoms with van der Waals surface area (Å²) in [6, 6.07) is 1.50. The van der Waals surface area contributed by atoms with Gasteiger partial charge in [0.2, 0.25) is 0 Å². The summed E-state index contributed by atoms with van der Waals surface area (Å²) in [5.74, 6) is 0.0843. The fourth-order valence-corrected chi connectivity index (χ4v) is 4.70. The van der Waals surface area contributed by atoms with E-state index in [1.54, 1.807) is 13.0 Å². The summed E-state index contributed by atoms with van der Waals surface area (Å²) in [5.41, 5.74) is 0.784. The molecule has 0 radical (unpaired) electrons. The van der Waals surface area contributed by atoms with Crippen molar-refractivity contribution in [3.63, 3.8) is 0 Å². The van der Waals surface area contributed by atoms with E-state index in [1.807, 2.05) is 0 Å². The van der Waals surface area contributed by atoms with Crippen LogP contribution in [0.1, 0.15) is 18.5 Å². The predicted octanol–water partition coefficient (Wildman–Crippen LogP) is 2.50. The molecule has 0 aliphatic carbocycles. The van der Waals surface area contributed by atoms with E-state index in [-0.39, 0.29) is 17.0 Å². The quantitative estimate of drug-likeness (QED) is 0.867. The van der Waals surface area contributed by atoms with Crippen LogP contribution in [0.15, 0.2) is 6.07 Å². The number of halogens is 2. The van der Waals surface area contributed by atoms with Crippen LogP contribution in [0.25, 0.3) is 0 Å². The lowest BCUT2D eigenvalue weighted by molar-refractivity contribution is 0.503. The van der Waals surface area contributed by atoms with Gasteiger partial charge < -0.3 is 5.32 Å². The molecular weight excluding hydrogens is 289 g/mol. The molecule has 2 rings (SSSR count). The third kappa shape index (κ3) is 2.38. The topological polar surface area (TPSA) is 46.2 Å². The van der Waals surface area contributed by atoms with Gasteiger partial charge >= 0.3 is 0 Å². The van der Waals surface area contributed by atoms with Crippen molar-refractivity contribution < 1.29 is 8.42 Å². The van der Waals surface area contributed by atoms with Crippen molar-refractivity contribution in [3.8, 4) is 0 Å². The number of hydrogen-bond acceptors (Lipinski definition) is 4. The molecule has 1 saturated heterocycles. The first kappa shape index (κ1) is 12.6. The molecule has 2 heterocycles. The molecule has 3 nitrogen and oxygen atoms in total. The van der Waals surface area contributed by atoms with Gasteiger partial charge in [-0.3, -0.25) is 0 Å². The molecule has 1 N–H and O–H groups in total. The standard InChI is InChI=1S/C9H11Cl2NO2S2/c1-5-3-12-7(4-16(5,13)14)6-2-8(10)15-9(6)11/h2,5,7,12H,3-4H2,1H3. The van der Waals surface area contributed by atoms with Gasteiger partial charge in [-0.15, -0.1) is 11.3 Å². The van der Waals surface area contributed by atoms with Crippen LogP contribution in [0.5, 0.6) is 0 Å². The molecule has 0 spiro atoms. The van der Waals surface area contributed by atoms with E-state index < -0.39 is 9.84 Å². The molecule has 2 unspecified atom stereocenters. The highest BCUT2D eigenvalue weighted by atomic mass is 35.5. The lowest BCUT2D eigenvalue weighted by Crippen LogP contribution is -2.44. The van der Waals surface area contributed by atoms with Crippen molar-refractivity contribution in [2.24, 2.45) is 0 Å². The lowest BCUT2D eigenvalue weighted by Gasteiger charge is -2.27. The maximum absolute atomic E-state index is 11.8. The largest absolute Gasteiger partial charge is 0.308 e. The minimum absolute atomic E-state index is 0.0843. The normalized spacial score (nSPS) is 29.2. The van der Waals surface area contributed by atoms with Gasteiger partial charge in [-0.05, 0) is 13.0 Å². The average Bonchev–Trinajstić information content (AvgIpc) is 2.50. The predicted molar refractivity (Wildman–Crippen MR) is 68.3 cm³/mol. The zero-order valence-corrected chi connectivity index (χ0v) is 11.7. The maximum atomic E-state index is 11.8. The van der Waals surface area contributed by atoms with Crippen LogP contribution >= 0.6 is 34.5 Å². The van der Waals surface area contributed by atoms with E-state index in [2.05, 4.69) is 5.32 Å². The summed E-state index contributed by atoms with van der Waals surface area (Å²) in [4.78, 5) is 0. The van der Waals surface area contributed by atoms with E-state index in [4.69, 9.17) is 23.2 Å². The fourth-order valence-electron chi connectivity index (χ4n) is 1.68. The van der Waals surface area contributed by atoms with Gasteiger partial charge in [-0.2, -0.15) is 0 Å². The van der Waals surface area contributed by atoms with Gasteiger partial charge in [-0.25, -0.2) is 8.42 Å². The number of sulfone groups is 1. The minimum Gasteiger partial charge on any atom is -0.308 e. The Kier molecular flexibility index (Phi) is 3.52. The van der Waals surface area contributed by atoms with E-state index in [1.165, 1.54) is 11.3 Å². The molecule has 1 aromatic heterocycles. The Labute approximate surface area is 109 Å². The zero-order valence-electron chi connectivity index (χ0n) is 8.54. The van der Waals surface area contributed by atoms with Crippen molar-refractivity contribution in [1.82, 2.24) is 5.32 Å². The Morgan fingerprint density at radius 3 is 2.69 bits per heavy atom. The SMILES string of the molecule is CC1CNC(c2cc(Cl)sc2Cl)CS1(=O)=O. The number of nitrogens with one attached hydrogen (secondary N) is 1. The van der Waals surface area contributed by atoms with Crippen LogP contribution < -0.4 is 5.32 Å². The Bertz CT molecular complexity index is 498. The van der Waals surface area contributed by atoms with Crippen molar-refractivity contribution in [1.29, 1.82) is 0 Å². The number of rotatable bonds is 1. The van der Waals surface area contributed by atoms with Gasteiger partial charge in [-0.1, -0.05) is 23.2 Å². The minimum atomic E-state index is -3.03. The summed E-state index contributed by atoms with van der Waals surface area (Å²) in [7, 11) is -3.03. The Morgan fingerprint density at radius 2 is 2.19 bits per heavy atom. The third-order valence-electron chi connectivity index (χ3n) is 2.72. The fraction of sp³-hybridized carbons (Fsp3) is 0.556. The highest BCUT2D eigenvalue weighted by Crippen LogP contribution is 2.36. The Hall–Kier alpha value is 0.190. The van der Waals surface area contributed by atoms with Gasteiger partial charge in [0.05, 0.1) is 19.7 Å². The molecule has 90 valence electrons. The smallest absolute Gasteiger partial charge is 0.156 e. The van der Waals surface area contributed by atoms with Gasteiger partial charge in [0.25, 0.3) is 0 Å². The highest BCUT2D eigenvalue weighted by molar-refractivity contribution is 7.92. The van der Waals surface area contributed by atoms with E-state index in [0.29, 0.717) is 15.2 Å². The second-order valence-electron chi connectivity index (χ2n) is 3.88. The van der Waals surface area contributed by atoms with E-state index in [9.17, 15) is 8.42 Å². The Balaban J connectivity index is 2.28. The highest BCUT2D eigenvalue weighted by Gasteiger charge is 2.33. The molecule has 1 aliphatic heterocycles. The monoisotopic (exact) mass is 299 g/mol. The zero-order chi connectivity index (χ0) is 11.9. The van der Waals surface area contributed by atoms with Crippen molar-refractivity contribution in [2.75, 3.05) is 12.3 Å². The molecule has 16 heavy (non-hydrogen) atoms. The summed E-state index contributed by atoms with van der Waals surface area (Å²) < 4.78 is 24.7. The molecule has 0 aromatic carbocycles. The maximum Gasteiger partial charge on any atom is 0.156 e. The molecule has 0 bridgehead atoms. The molecule has 1 fully saturated rings. The van der Waals surface area contributed by atoms with Crippen LogP contribution in [0.3, 0.4) is 0 Å². The third-order valence-corrected chi connectivity index (χ3v) is 6.43. The Morgan fingerprint density at radius 1 is 1.50 bits per heavy atom. The number of thiophene rings is 1. The van der Waals surface area contributed by atoms with Crippen LogP contribution in [-0.4, -0.2) is 26.0 Å². The van der Waals surface area contributed by atoms with Gasteiger partial charge in [0, 0.05) is 18.2 Å². The van der Waals surface area contributed by atoms with Gasteiger partial charge in [0.15, 0.2) is 9.84 Å². The van der Waals surface area contributed by atoms with Crippen LogP contribution in [0, 0.1) is 0 Å². The van der Waals surface area contributed by atoms with Gasteiger partial charge in [0.1, 0.15) is 0 Å². The summed E-state index contributed by atoms with van der Waals surface area (Å²) in [5, 5.41) is 2.84. The lowest BCUT2D eigenvalue weighted by atomic mass is 10.2. The molecule has 0 amide bonds. The summed E-state index contributed by atoms with van der Waals surface area (Å²) >= 11 is 13.1. The summed E-state index contributed by atoms with van der Waals surface area (Å²) in [6.07, 6.45) is 0. The van der Waals surface area contributed by atoms with E-state index >= 15 is 0 Å². The molecule has 1 aromatic rings. The molecule has 7 heteroatoms. The van der Waals surface area contributed by atoms with Crippen molar-refractivity contribution in [3.05, 3.63) is 20.3 Å². The number of hydrogen-bond donors (Lipinski definition) is 1. The first-order chi connectivity index (χ1) is 7.40. The summed E-state index contributed by atoms with van der Waals surface area (Å²) in [6.45, 7) is 2.16. The molecule has 2 atom stereocenters. The molecular formula is C9H11Cl2NO2S2. The van der Waals surface area contributed by atoms with Crippen LogP contribution in [0.2, 0.25) is 8.67 Å². The second kappa shape index (κ2) is 4.46. The van der Waals surface area contributed by atoms with Crippen molar-refractivity contribution in [2.45, 2.75) is 18.2 Å². The molecule has 1 aliphatic rings. The average molecular weight is 300 g/mol.